The molecular formula is C24H28ClN3O3. The van der Waals surface area contributed by atoms with Gasteiger partial charge in [0, 0.05) is 31.2 Å². The molecule has 0 saturated carbocycles. The van der Waals surface area contributed by atoms with Crippen molar-refractivity contribution in [2.24, 2.45) is 5.92 Å². The van der Waals surface area contributed by atoms with Gasteiger partial charge in [-0.1, -0.05) is 41.9 Å². The molecule has 0 aromatic heterocycles. The number of anilines is 1. The Hall–Kier alpha value is -2.41. The van der Waals surface area contributed by atoms with Crippen LogP contribution in [0.1, 0.15) is 28.8 Å². The number of amides is 2. The zero-order valence-electron chi connectivity index (χ0n) is 17.6. The summed E-state index contributed by atoms with van der Waals surface area (Å²) in [4.78, 5) is 30.1. The summed E-state index contributed by atoms with van der Waals surface area (Å²) in [6, 6.07) is 15.1. The molecule has 2 saturated heterocycles. The van der Waals surface area contributed by atoms with Crippen LogP contribution in [0.5, 0.6) is 0 Å². The number of piperidine rings is 1. The topological polar surface area (TPSA) is 61.9 Å². The second-order valence-corrected chi connectivity index (χ2v) is 8.51. The van der Waals surface area contributed by atoms with Crippen molar-refractivity contribution in [1.29, 1.82) is 0 Å². The molecule has 0 unspecified atom stereocenters. The summed E-state index contributed by atoms with van der Waals surface area (Å²) in [7, 11) is 0. The Morgan fingerprint density at radius 2 is 1.77 bits per heavy atom. The van der Waals surface area contributed by atoms with Crippen molar-refractivity contribution >= 4 is 29.1 Å². The highest BCUT2D eigenvalue weighted by Gasteiger charge is 2.28. The molecule has 2 aromatic rings. The summed E-state index contributed by atoms with van der Waals surface area (Å²) < 4.78 is 5.34. The molecule has 4 rings (SSSR count). The smallest absolute Gasteiger partial charge is 0.256 e. The van der Waals surface area contributed by atoms with E-state index >= 15 is 0 Å². The van der Waals surface area contributed by atoms with Gasteiger partial charge in [-0.05, 0) is 43.1 Å². The van der Waals surface area contributed by atoms with Gasteiger partial charge in [-0.3, -0.25) is 14.5 Å². The number of nitrogens with one attached hydrogen (secondary N) is 1. The lowest BCUT2D eigenvalue weighted by Gasteiger charge is -2.32. The van der Waals surface area contributed by atoms with Crippen LogP contribution in [0.3, 0.4) is 0 Å². The molecule has 2 heterocycles. The average molecular weight is 442 g/mol. The first kappa shape index (κ1) is 21.8. The van der Waals surface area contributed by atoms with Crippen molar-refractivity contribution in [2.45, 2.75) is 19.4 Å². The first-order valence-corrected chi connectivity index (χ1v) is 11.2. The number of carbonyl (C=O) groups is 2. The highest BCUT2D eigenvalue weighted by Crippen LogP contribution is 2.24. The van der Waals surface area contributed by atoms with E-state index < -0.39 is 0 Å². The fourth-order valence-corrected chi connectivity index (χ4v) is 4.43. The van der Waals surface area contributed by atoms with Gasteiger partial charge in [-0.15, -0.1) is 0 Å². The number of morpholine rings is 1. The normalized spacial score (nSPS) is 19.8. The molecular weight excluding hydrogens is 414 g/mol. The molecule has 7 heteroatoms. The molecule has 0 bridgehead atoms. The van der Waals surface area contributed by atoms with Crippen molar-refractivity contribution in [2.75, 3.05) is 44.7 Å². The summed E-state index contributed by atoms with van der Waals surface area (Å²) >= 11 is 6.31. The fraction of sp³-hybridized carbons (Fsp3) is 0.417. The fourth-order valence-electron chi connectivity index (χ4n) is 4.23. The highest BCUT2D eigenvalue weighted by molar-refractivity contribution is 6.31. The number of nitrogens with zero attached hydrogens (tertiary/aromatic N) is 2. The minimum Gasteiger partial charge on any atom is -0.378 e. The molecule has 0 radical (unpaired) electrons. The number of carbonyl (C=O) groups excluding carboxylic acids is 2. The van der Waals surface area contributed by atoms with Gasteiger partial charge in [0.2, 0.25) is 5.91 Å². The lowest BCUT2D eigenvalue weighted by molar-refractivity contribution is -0.121. The zero-order chi connectivity index (χ0) is 21.6. The van der Waals surface area contributed by atoms with Crippen molar-refractivity contribution in [3.05, 3.63) is 64.7 Å². The maximum Gasteiger partial charge on any atom is 0.256 e. The number of rotatable bonds is 5. The summed E-state index contributed by atoms with van der Waals surface area (Å²) in [5, 5.41) is 3.78. The largest absolute Gasteiger partial charge is 0.378 e. The van der Waals surface area contributed by atoms with Crippen molar-refractivity contribution in [3.63, 3.8) is 0 Å². The van der Waals surface area contributed by atoms with Gasteiger partial charge in [0.25, 0.3) is 5.91 Å². The van der Waals surface area contributed by atoms with Crippen LogP contribution in [0.4, 0.5) is 5.69 Å². The van der Waals surface area contributed by atoms with Crippen LogP contribution in [-0.2, 0) is 16.1 Å². The van der Waals surface area contributed by atoms with E-state index in [4.69, 9.17) is 16.3 Å². The van der Waals surface area contributed by atoms with Crippen LogP contribution in [-0.4, -0.2) is 61.0 Å². The maximum atomic E-state index is 13.1. The number of hydrogen-bond acceptors (Lipinski definition) is 4. The number of likely N-dealkylation sites (tertiary alicyclic amines) is 1. The molecule has 6 nitrogen and oxygen atoms in total. The number of hydrogen-bond donors (Lipinski definition) is 1. The lowest BCUT2D eigenvalue weighted by Crippen LogP contribution is -2.42. The molecule has 31 heavy (non-hydrogen) atoms. The van der Waals surface area contributed by atoms with Gasteiger partial charge in [0.05, 0.1) is 30.4 Å². The van der Waals surface area contributed by atoms with E-state index in [-0.39, 0.29) is 17.7 Å². The number of benzene rings is 2. The SMILES string of the molecule is O=C(Nc1ccccc1C(=O)N1CCOCC1)[C@H]1CCCN(Cc2ccccc2Cl)C1. The van der Waals surface area contributed by atoms with Crippen LogP contribution in [0.2, 0.25) is 5.02 Å². The van der Waals surface area contributed by atoms with Crippen molar-refractivity contribution in [1.82, 2.24) is 9.80 Å². The van der Waals surface area contributed by atoms with E-state index in [0.29, 0.717) is 44.1 Å². The molecule has 0 aliphatic carbocycles. The Morgan fingerprint density at radius 3 is 2.58 bits per heavy atom. The van der Waals surface area contributed by atoms with E-state index in [1.807, 2.05) is 36.4 Å². The van der Waals surface area contributed by atoms with Crippen LogP contribution >= 0.6 is 11.6 Å². The van der Waals surface area contributed by atoms with E-state index in [9.17, 15) is 9.59 Å². The minimum absolute atomic E-state index is 0.0360. The third kappa shape index (κ3) is 5.45. The van der Waals surface area contributed by atoms with Gasteiger partial charge in [0.15, 0.2) is 0 Å². The van der Waals surface area contributed by atoms with E-state index in [2.05, 4.69) is 10.2 Å². The van der Waals surface area contributed by atoms with E-state index in [0.717, 1.165) is 36.5 Å². The second-order valence-electron chi connectivity index (χ2n) is 8.11. The molecule has 1 atom stereocenters. The molecule has 2 fully saturated rings. The van der Waals surface area contributed by atoms with Gasteiger partial charge < -0.3 is 15.0 Å². The predicted octanol–water partition coefficient (Wildman–Crippen LogP) is 3.66. The molecule has 0 spiro atoms. The summed E-state index contributed by atoms with van der Waals surface area (Å²) in [6.45, 7) is 4.59. The van der Waals surface area contributed by atoms with Crippen LogP contribution in [0, 0.1) is 5.92 Å². The molecule has 2 aromatic carbocycles. The summed E-state index contributed by atoms with van der Waals surface area (Å²) in [6.07, 6.45) is 1.79. The van der Waals surface area contributed by atoms with E-state index in [1.54, 1.807) is 17.0 Å². The highest BCUT2D eigenvalue weighted by atomic mass is 35.5. The number of para-hydroxylation sites is 1. The first-order valence-electron chi connectivity index (χ1n) is 10.8. The number of halogens is 1. The third-order valence-electron chi connectivity index (χ3n) is 5.94. The monoisotopic (exact) mass is 441 g/mol. The predicted molar refractivity (Wildman–Crippen MR) is 121 cm³/mol. The molecule has 1 N–H and O–H groups in total. The van der Waals surface area contributed by atoms with E-state index in [1.165, 1.54) is 0 Å². The Morgan fingerprint density at radius 1 is 1.03 bits per heavy atom. The molecule has 2 amide bonds. The van der Waals surface area contributed by atoms with Gasteiger partial charge in [-0.2, -0.15) is 0 Å². The Bertz CT molecular complexity index is 930. The summed E-state index contributed by atoms with van der Waals surface area (Å²) in [5.74, 6) is -0.225. The van der Waals surface area contributed by atoms with Crippen LogP contribution < -0.4 is 5.32 Å². The second kappa shape index (κ2) is 10.3. The third-order valence-corrected chi connectivity index (χ3v) is 6.31. The zero-order valence-corrected chi connectivity index (χ0v) is 18.3. The minimum atomic E-state index is -0.122. The quantitative estimate of drug-likeness (QED) is 0.769. The van der Waals surface area contributed by atoms with Crippen molar-refractivity contribution < 1.29 is 14.3 Å². The van der Waals surface area contributed by atoms with Crippen LogP contribution in [0.15, 0.2) is 48.5 Å². The van der Waals surface area contributed by atoms with Gasteiger partial charge in [-0.25, -0.2) is 0 Å². The van der Waals surface area contributed by atoms with Crippen LogP contribution in [0.25, 0.3) is 0 Å². The average Bonchev–Trinajstić information content (AvgIpc) is 2.81. The van der Waals surface area contributed by atoms with Crippen molar-refractivity contribution in [3.8, 4) is 0 Å². The summed E-state index contributed by atoms with van der Waals surface area (Å²) in [5.41, 5.74) is 2.18. The molecule has 2 aliphatic heterocycles. The van der Waals surface area contributed by atoms with Gasteiger partial charge in [0.1, 0.15) is 0 Å². The molecule has 164 valence electrons. The maximum absolute atomic E-state index is 13.1. The first-order chi connectivity index (χ1) is 15.1. The van der Waals surface area contributed by atoms with Gasteiger partial charge >= 0.3 is 0 Å². The molecule has 2 aliphatic rings. The Labute approximate surface area is 188 Å². The Balaban J connectivity index is 1.41. The number of ether oxygens (including phenoxy) is 1. The Kier molecular flexibility index (Phi) is 7.22. The standard InChI is InChI=1S/C24H28ClN3O3/c25-21-9-3-1-6-18(21)16-27-11-5-7-19(17-27)23(29)26-22-10-4-2-8-20(22)24(30)28-12-14-31-15-13-28/h1-4,6,8-10,19H,5,7,11-17H2,(H,26,29)/t19-/m0/s1. The lowest BCUT2D eigenvalue weighted by atomic mass is 9.96.